The molecular weight excluding hydrogens is 310 g/mol. The fourth-order valence-electron chi connectivity index (χ4n) is 2.59. The van der Waals surface area contributed by atoms with Gasteiger partial charge in [-0.05, 0) is 25.7 Å². The molecule has 0 radical (unpaired) electrons. The van der Waals surface area contributed by atoms with Crippen LogP contribution in [0.25, 0.3) is 0 Å². The number of hydrogen-bond acceptors (Lipinski definition) is 5. The minimum Gasteiger partial charge on any atom is -0.464 e. The summed E-state index contributed by atoms with van der Waals surface area (Å²) in [5.74, 6) is -0.279. The molecule has 1 rings (SSSR count). The standard InChI is InChI=1S/C18H33NO5/c1-5-7-8-9-10-22-12-14(11-13(3)4)19-17(20)15-16(24-15)18(21)23-6-2/h13-16H,5-12H2,1-4H3,(H,19,20)/t14-,15-,16-/m0/s1. The molecule has 1 aliphatic heterocycles. The Labute approximate surface area is 145 Å². The van der Waals surface area contributed by atoms with Gasteiger partial charge >= 0.3 is 5.97 Å². The molecule has 0 aromatic carbocycles. The van der Waals surface area contributed by atoms with Crippen LogP contribution in [-0.2, 0) is 23.8 Å². The number of esters is 1. The first-order valence-electron chi connectivity index (χ1n) is 9.19. The highest BCUT2D eigenvalue weighted by Crippen LogP contribution is 2.24. The van der Waals surface area contributed by atoms with Crippen LogP contribution < -0.4 is 5.32 Å². The van der Waals surface area contributed by atoms with Gasteiger partial charge in [-0.2, -0.15) is 0 Å². The summed E-state index contributed by atoms with van der Waals surface area (Å²) in [6.07, 6.45) is 4.01. The molecule has 1 heterocycles. The second-order valence-corrected chi connectivity index (χ2v) is 6.70. The van der Waals surface area contributed by atoms with Crippen LogP contribution in [0.1, 0.15) is 59.8 Å². The lowest BCUT2D eigenvalue weighted by Gasteiger charge is -2.20. The van der Waals surface area contributed by atoms with Crippen molar-refractivity contribution in [2.24, 2.45) is 5.92 Å². The van der Waals surface area contributed by atoms with E-state index in [1.165, 1.54) is 19.3 Å². The lowest BCUT2D eigenvalue weighted by molar-refractivity contribution is -0.144. The number of carbonyl (C=O) groups excluding carboxylic acids is 2. The first kappa shape index (κ1) is 20.9. The van der Waals surface area contributed by atoms with Crippen molar-refractivity contribution in [3.8, 4) is 0 Å². The number of carbonyl (C=O) groups is 2. The first-order valence-corrected chi connectivity index (χ1v) is 9.19. The van der Waals surface area contributed by atoms with Crippen molar-refractivity contribution in [3.05, 3.63) is 0 Å². The van der Waals surface area contributed by atoms with E-state index in [0.717, 1.165) is 19.4 Å². The Bertz CT molecular complexity index is 386. The van der Waals surface area contributed by atoms with Gasteiger partial charge < -0.3 is 19.5 Å². The number of nitrogens with one attached hydrogen (secondary N) is 1. The maximum Gasteiger partial charge on any atom is 0.338 e. The van der Waals surface area contributed by atoms with Crippen molar-refractivity contribution in [1.82, 2.24) is 5.32 Å². The fraction of sp³-hybridized carbons (Fsp3) is 0.889. The zero-order valence-corrected chi connectivity index (χ0v) is 15.5. The van der Waals surface area contributed by atoms with E-state index in [0.29, 0.717) is 12.5 Å². The average Bonchev–Trinajstić information content (AvgIpc) is 3.31. The summed E-state index contributed by atoms with van der Waals surface area (Å²) in [4.78, 5) is 23.7. The maximum absolute atomic E-state index is 12.2. The number of rotatable bonds is 13. The highest BCUT2D eigenvalue weighted by Gasteiger charge is 2.51. The summed E-state index contributed by atoms with van der Waals surface area (Å²) in [7, 11) is 0. The molecule has 0 spiro atoms. The van der Waals surface area contributed by atoms with Crippen molar-refractivity contribution in [2.75, 3.05) is 19.8 Å². The number of epoxide rings is 1. The predicted octanol–water partition coefficient (Wildman–Crippen LogP) is 2.44. The zero-order chi connectivity index (χ0) is 17.9. The third-order valence-electron chi connectivity index (χ3n) is 3.83. The van der Waals surface area contributed by atoms with E-state index < -0.39 is 18.2 Å². The van der Waals surface area contributed by atoms with Crippen molar-refractivity contribution in [3.63, 3.8) is 0 Å². The minimum absolute atomic E-state index is 0.0595. The summed E-state index contributed by atoms with van der Waals surface area (Å²) < 4.78 is 15.7. The highest BCUT2D eigenvalue weighted by molar-refractivity contribution is 5.92. The van der Waals surface area contributed by atoms with Crippen LogP contribution in [0.4, 0.5) is 0 Å². The summed E-state index contributed by atoms with van der Waals surface area (Å²) in [5.41, 5.74) is 0. The maximum atomic E-state index is 12.2. The van der Waals surface area contributed by atoms with Gasteiger partial charge in [0.05, 0.1) is 19.3 Å². The van der Waals surface area contributed by atoms with Gasteiger partial charge in [-0.15, -0.1) is 0 Å². The molecule has 3 atom stereocenters. The molecule has 140 valence electrons. The molecule has 1 N–H and O–H groups in total. The lowest BCUT2D eigenvalue weighted by Crippen LogP contribution is -2.42. The van der Waals surface area contributed by atoms with Crippen molar-refractivity contribution in [1.29, 1.82) is 0 Å². The Balaban J connectivity index is 2.32. The third-order valence-corrected chi connectivity index (χ3v) is 3.83. The van der Waals surface area contributed by atoms with E-state index in [1.807, 2.05) is 0 Å². The van der Waals surface area contributed by atoms with E-state index in [9.17, 15) is 9.59 Å². The Hall–Kier alpha value is -1.14. The van der Waals surface area contributed by atoms with E-state index in [-0.39, 0.29) is 18.6 Å². The Morgan fingerprint density at radius 3 is 2.50 bits per heavy atom. The summed E-state index contributed by atoms with van der Waals surface area (Å²) >= 11 is 0. The molecule has 0 aromatic heterocycles. The summed E-state index contributed by atoms with van der Waals surface area (Å²) in [6.45, 7) is 9.62. The van der Waals surface area contributed by atoms with E-state index >= 15 is 0 Å². The number of hydrogen-bond donors (Lipinski definition) is 1. The van der Waals surface area contributed by atoms with Gasteiger partial charge in [-0.3, -0.25) is 4.79 Å². The number of ether oxygens (including phenoxy) is 3. The molecule has 1 aliphatic rings. The Morgan fingerprint density at radius 2 is 1.88 bits per heavy atom. The van der Waals surface area contributed by atoms with Crippen molar-refractivity contribution in [2.45, 2.75) is 78.0 Å². The SMILES string of the molecule is CCCCCCOC[C@H](CC(C)C)NC(=O)[C@H]1O[C@@H]1C(=O)OCC. The van der Waals surface area contributed by atoms with E-state index in [4.69, 9.17) is 14.2 Å². The van der Waals surface area contributed by atoms with Crippen molar-refractivity contribution >= 4 is 11.9 Å². The van der Waals surface area contributed by atoms with Crippen LogP contribution >= 0.6 is 0 Å². The molecule has 1 saturated heterocycles. The highest BCUT2D eigenvalue weighted by atomic mass is 16.6. The molecule has 0 saturated carbocycles. The zero-order valence-electron chi connectivity index (χ0n) is 15.5. The largest absolute Gasteiger partial charge is 0.464 e. The minimum atomic E-state index is -0.750. The predicted molar refractivity (Wildman–Crippen MR) is 91.6 cm³/mol. The molecule has 1 amide bonds. The molecular formula is C18H33NO5. The van der Waals surface area contributed by atoms with Crippen LogP contribution in [0, 0.1) is 5.92 Å². The quantitative estimate of drug-likeness (QED) is 0.316. The van der Waals surface area contributed by atoms with Gasteiger partial charge in [0.1, 0.15) is 0 Å². The van der Waals surface area contributed by atoms with Gasteiger partial charge in [0.15, 0.2) is 12.2 Å². The molecule has 6 nitrogen and oxygen atoms in total. The number of unbranched alkanes of at least 4 members (excludes halogenated alkanes) is 3. The molecule has 0 unspecified atom stereocenters. The van der Waals surface area contributed by atoms with Crippen molar-refractivity contribution < 1.29 is 23.8 Å². The van der Waals surface area contributed by atoms with Crippen LogP contribution in [0.5, 0.6) is 0 Å². The summed E-state index contributed by atoms with van der Waals surface area (Å²) in [5, 5.41) is 2.94. The average molecular weight is 343 g/mol. The molecule has 0 aliphatic carbocycles. The molecule has 0 aromatic rings. The van der Waals surface area contributed by atoms with Gasteiger partial charge in [-0.1, -0.05) is 40.0 Å². The summed E-state index contributed by atoms with van der Waals surface area (Å²) in [6, 6.07) is -0.0595. The second-order valence-electron chi connectivity index (χ2n) is 6.70. The van der Waals surface area contributed by atoms with Gasteiger partial charge in [0, 0.05) is 6.61 Å². The molecule has 6 heteroatoms. The number of amides is 1. The van der Waals surface area contributed by atoms with Gasteiger partial charge in [0.25, 0.3) is 5.91 Å². The normalized spacial score (nSPS) is 20.7. The van der Waals surface area contributed by atoms with Crippen LogP contribution in [0.3, 0.4) is 0 Å². The van der Waals surface area contributed by atoms with Gasteiger partial charge in [0.2, 0.25) is 0 Å². The molecule has 0 bridgehead atoms. The van der Waals surface area contributed by atoms with E-state index in [1.54, 1.807) is 6.92 Å². The van der Waals surface area contributed by atoms with Crippen LogP contribution in [0.2, 0.25) is 0 Å². The monoisotopic (exact) mass is 343 g/mol. The Morgan fingerprint density at radius 1 is 1.12 bits per heavy atom. The van der Waals surface area contributed by atoms with E-state index in [2.05, 4.69) is 26.1 Å². The molecule has 1 fully saturated rings. The van der Waals surface area contributed by atoms with Crippen LogP contribution in [0.15, 0.2) is 0 Å². The first-order chi connectivity index (χ1) is 11.5. The third kappa shape index (κ3) is 8.11. The van der Waals surface area contributed by atoms with Crippen LogP contribution in [-0.4, -0.2) is 49.9 Å². The van der Waals surface area contributed by atoms with Gasteiger partial charge in [-0.25, -0.2) is 4.79 Å². The Kier molecular flexibility index (Phi) is 9.95. The fourth-order valence-corrected chi connectivity index (χ4v) is 2.59. The smallest absolute Gasteiger partial charge is 0.338 e. The topological polar surface area (TPSA) is 77.2 Å². The molecule has 24 heavy (non-hydrogen) atoms. The lowest BCUT2D eigenvalue weighted by atomic mass is 10.0. The second kappa shape index (κ2) is 11.4.